The van der Waals surface area contributed by atoms with Gasteiger partial charge in [-0.2, -0.15) is 13.2 Å². The van der Waals surface area contributed by atoms with Crippen LogP contribution in [0.15, 0.2) is 52.5 Å². The fourth-order valence-electron chi connectivity index (χ4n) is 3.46. The Morgan fingerprint density at radius 1 is 1.14 bits per heavy atom. The van der Waals surface area contributed by atoms with Crippen LogP contribution < -0.4 is 4.83 Å². The van der Waals surface area contributed by atoms with Gasteiger partial charge in [0.1, 0.15) is 0 Å². The molecule has 1 saturated heterocycles. The van der Waals surface area contributed by atoms with Crippen molar-refractivity contribution in [3.05, 3.63) is 63.6 Å². The van der Waals surface area contributed by atoms with Crippen molar-refractivity contribution in [3.63, 3.8) is 0 Å². The Labute approximate surface area is 180 Å². The maximum atomic E-state index is 12.8. The summed E-state index contributed by atoms with van der Waals surface area (Å²) < 4.78 is 31.2. The van der Waals surface area contributed by atoms with Gasteiger partial charge in [-0.3, -0.25) is 0 Å². The third-order valence-corrected chi connectivity index (χ3v) is 7.13. The lowest BCUT2D eigenvalue weighted by Gasteiger charge is -2.38. The quantitative estimate of drug-likeness (QED) is 0.434. The van der Waals surface area contributed by atoms with E-state index in [2.05, 4.69) is 14.8 Å². The molecule has 1 saturated carbocycles. The third-order valence-electron chi connectivity index (χ3n) is 5.27. The molecule has 9 heteroatoms. The molecule has 2 aliphatic rings. The van der Waals surface area contributed by atoms with Crippen molar-refractivity contribution in [2.75, 3.05) is 19.8 Å². The van der Waals surface area contributed by atoms with E-state index in [0.717, 1.165) is 18.4 Å². The molecular formula is C20H21Cl2N3O3S. The first-order valence-electron chi connectivity index (χ1n) is 9.28. The van der Waals surface area contributed by atoms with Gasteiger partial charge in [0, 0.05) is 6.54 Å². The van der Waals surface area contributed by atoms with E-state index < -0.39 is 10.0 Å². The lowest BCUT2D eigenvalue weighted by atomic mass is 10.1. The summed E-state index contributed by atoms with van der Waals surface area (Å²) in [5.74, 6) is 0.414. The van der Waals surface area contributed by atoms with E-state index >= 15 is 0 Å². The maximum Gasteiger partial charge on any atom is 0.276 e. The van der Waals surface area contributed by atoms with E-state index in [9.17, 15) is 8.42 Å². The molecule has 1 aliphatic heterocycles. The molecule has 0 aromatic heterocycles. The average molecular weight is 454 g/mol. The van der Waals surface area contributed by atoms with Crippen molar-refractivity contribution in [3.8, 4) is 0 Å². The zero-order valence-electron chi connectivity index (χ0n) is 15.9. The summed E-state index contributed by atoms with van der Waals surface area (Å²) in [5, 5.41) is 5.15. The van der Waals surface area contributed by atoms with Crippen molar-refractivity contribution < 1.29 is 13.2 Å². The second kappa shape index (κ2) is 7.80. The van der Waals surface area contributed by atoms with Crippen LogP contribution in [0.25, 0.3) is 0 Å². The van der Waals surface area contributed by atoms with Crippen molar-refractivity contribution in [2.24, 2.45) is 5.10 Å². The molecular weight excluding hydrogens is 433 g/mol. The number of rotatable bonds is 4. The van der Waals surface area contributed by atoms with E-state index in [-0.39, 0.29) is 10.4 Å². The van der Waals surface area contributed by atoms with Crippen LogP contribution in [0.2, 0.25) is 10.0 Å². The SMILES string of the molecule is Cc1ccc(S(=O)(=O)N/N=C(\c2c(Cl)cccc2Cl)N2CCOCC23CC3)cc1. The fraction of sp³-hybridized carbons (Fsp3) is 0.350. The first kappa shape index (κ1) is 20.5. The fourth-order valence-corrected chi connectivity index (χ4v) is 4.83. The average Bonchev–Trinajstić information content (AvgIpc) is 3.45. The summed E-state index contributed by atoms with van der Waals surface area (Å²) in [5.41, 5.74) is 1.30. The summed E-state index contributed by atoms with van der Waals surface area (Å²) in [6, 6.07) is 11.8. The molecule has 0 radical (unpaired) electrons. The summed E-state index contributed by atoms with van der Waals surface area (Å²) in [4.78, 5) is 4.58. The van der Waals surface area contributed by atoms with Gasteiger partial charge in [0.2, 0.25) is 0 Å². The summed E-state index contributed by atoms with van der Waals surface area (Å²) in [7, 11) is -3.84. The number of aryl methyl sites for hydroxylation is 1. The van der Waals surface area contributed by atoms with E-state index in [1.54, 1.807) is 42.5 Å². The van der Waals surface area contributed by atoms with Gasteiger partial charge >= 0.3 is 0 Å². The zero-order valence-corrected chi connectivity index (χ0v) is 18.2. The highest BCUT2D eigenvalue weighted by Gasteiger charge is 2.52. The molecule has 154 valence electrons. The van der Waals surface area contributed by atoms with E-state index in [1.807, 2.05) is 6.92 Å². The Bertz CT molecular complexity index is 1030. The smallest absolute Gasteiger partial charge is 0.276 e. The van der Waals surface area contributed by atoms with Crippen LogP contribution in [0, 0.1) is 6.92 Å². The third kappa shape index (κ3) is 4.10. The van der Waals surface area contributed by atoms with Gasteiger partial charge in [0.15, 0.2) is 5.84 Å². The largest absolute Gasteiger partial charge is 0.377 e. The summed E-state index contributed by atoms with van der Waals surface area (Å²) in [6.45, 7) is 3.56. The molecule has 1 N–H and O–H groups in total. The van der Waals surface area contributed by atoms with Gasteiger partial charge in [0.05, 0.1) is 39.3 Å². The zero-order chi connectivity index (χ0) is 20.6. The van der Waals surface area contributed by atoms with Gasteiger partial charge in [-0.05, 0) is 44.0 Å². The van der Waals surface area contributed by atoms with Crippen LogP contribution in [-0.2, 0) is 14.8 Å². The number of nitrogens with one attached hydrogen (secondary N) is 1. The maximum absolute atomic E-state index is 12.8. The first-order chi connectivity index (χ1) is 13.8. The Morgan fingerprint density at radius 2 is 1.79 bits per heavy atom. The molecule has 29 heavy (non-hydrogen) atoms. The first-order valence-corrected chi connectivity index (χ1v) is 11.5. The van der Waals surface area contributed by atoms with Gasteiger partial charge in [-0.25, -0.2) is 0 Å². The number of hydrazone groups is 1. The molecule has 0 unspecified atom stereocenters. The number of hydrogen-bond acceptors (Lipinski definition) is 4. The van der Waals surface area contributed by atoms with Gasteiger partial charge < -0.3 is 9.64 Å². The van der Waals surface area contributed by atoms with Crippen molar-refractivity contribution in [2.45, 2.75) is 30.2 Å². The number of amidine groups is 1. The number of ether oxygens (including phenoxy) is 1. The lowest BCUT2D eigenvalue weighted by molar-refractivity contribution is 0.0149. The molecule has 4 rings (SSSR count). The predicted octanol–water partition coefficient (Wildman–Crippen LogP) is 3.81. The van der Waals surface area contributed by atoms with Crippen LogP contribution in [-0.4, -0.2) is 44.5 Å². The number of morpholine rings is 1. The Morgan fingerprint density at radius 3 is 2.41 bits per heavy atom. The Balaban J connectivity index is 1.75. The van der Waals surface area contributed by atoms with Crippen LogP contribution in [0.5, 0.6) is 0 Å². The second-order valence-corrected chi connectivity index (χ2v) is 9.84. The molecule has 0 amide bonds. The van der Waals surface area contributed by atoms with E-state index in [1.165, 1.54) is 0 Å². The normalized spacial score (nSPS) is 18.7. The number of halogens is 2. The minimum Gasteiger partial charge on any atom is -0.377 e. The minimum absolute atomic E-state index is 0.138. The van der Waals surface area contributed by atoms with Crippen LogP contribution in [0.4, 0.5) is 0 Å². The van der Waals surface area contributed by atoms with Crippen molar-refractivity contribution >= 4 is 39.1 Å². The standard InChI is InChI=1S/C20H21Cl2N3O3S/c1-14-5-7-15(8-6-14)29(26,27)24-23-19(18-16(21)3-2-4-17(18)22)25-11-12-28-13-20(25)9-10-20/h2-8,24H,9-13H2,1H3/b23-19+. The topological polar surface area (TPSA) is 71.0 Å². The predicted molar refractivity (Wildman–Crippen MR) is 114 cm³/mol. The van der Waals surface area contributed by atoms with Crippen molar-refractivity contribution in [1.82, 2.24) is 9.73 Å². The highest BCUT2D eigenvalue weighted by Crippen LogP contribution is 2.45. The molecule has 2 aromatic carbocycles. The van der Waals surface area contributed by atoms with Gasteiger partial charge in [0.25, 0.3) is 10.0 Å². The Kier molecular flexibility index (Phi) is 5.50. The highest BCUT2D eigenvalue weighted by atomic mass is 35.5. The molecule has 1 spiro atoms. The highest BCUT2D eigenvalue weighted by molar-refractivity contribution is 7.89. The van der Waals surface area contributed by atoms with Gasteiger partial charge in [-0.15, -0.1) is 5.10 Å². The monoisotopic (exact) mass is 453 g/mol. The molecule has 1 aliphatic carbocycles. The van der Waals surface area contributed by atoms with Crippen LogP contribution in [0.3, 0.4) is 0 Å². The van der Waals surface area contributed by atoms with E-state index in [0.29, 0.717) is 41.2 Å². The Hall–Kier alpha value is -1.80. The van der Waals surface area contributed by atoms with Gasteiger partial charge in [-0.1, -0.05) is 47.0 Å². The summed E-state index contributed by atoms with van der Waals surface area (Å²) >= 11 is 12.9. The molecule has 6 nitrogen and oxygen atoms in total. The number of nitrogens with zero attached hydrogens (tertiary/aromatic N) is 2. The second-order valence-electron chi connectivity index (χ2n) is 7.37. The molecule has 2 aromatic rings. The minimum atomic E-state index is -3.84. The lowest BCUT2D eigenvalue weighted by Crippen LogP contribution is -2.51. The molecule has 0 bridgehead atoms. The number of benzene rings is 2. The van der Waals surface area contributed by atoms with Crippen molar-refractivity contribution in [1.29, 1.82) is 0 Å². The van der Waals surface area contributed by atoms with E-state index in [4.69, 9.17) is 27.9 Å². The summed E-state index contributed by atoms with van der Waals surface area (Å²) in [6.07, 6.45) is 1.89. The van der Waals surface area contributed by atoms with Crippen LogP contribution in [0.1, 0.15) is 24.0 Å². The number of sulfonamides is 1. The van der Waals surface area contributed by atoms with Crippen LogP contribution >= 0.6 is 23.2 Å². The molecule has 0 atom stereocenters. The molecule has 2 fully saturated rings. The number of hydrogen-bond donors (Lipinski definition) is 1. The molecule has 1 heterocycles.